The van der Waals surface area contributed by atoms with Gasteiger partial charge in [0.05, 0.1) is 5.41 Å². The number of amides is 2. The summed E-state index contributed by atoms with van der Waals surface area (Å²) in [7, 11) is 0. The summed E-state index contributed by atoms with van der Waals surface area (Å²) in [5.74, 6) is -1.49. The molecule has 0 saturated carbocycles. The molecule has 132 valence electrons. The van der Waals surface area contributed by atoms with E-state index in [1.54, 1.807) is 18.2 Å². The van der Waals surface area contributed by atoms with Gasteiger partial charge in [-0.2, -0.15) is 0 Å². The number of carbonyl (C=O) groups excluding carboxylic acids is 2. The van der Waals surface area contributed by atoms with Crippen LogP contribution in [0.2, 0.25) is 0 Å². The molecule has 0 radical (unpaired) electrons. The summed E-state index contributed by atoms with van der Waals surface area (Å²) in [5, 5.41) is 15.2. The summed E-state index contributed by atoms with van der Waals surface area (Å²) in [6.45, 7) is 0.489. The molecular formula is C20H18N2O4. The van der Waals surface area contributed by atoms with Crippen molar-refractivity contribution in [2.75, 3.05) is 5.32 Å². The molecule has 0 saturated heterocycles. The molecule has 0 fully saturated rings. The summed E-state index contributed by atoms with van der Waals surface area (Å²) >= 11 is 0. The van der Waals surface area contributed by atoms with Crippen molar-refractivity contribution in [1.29, 1.82) is 0 Å². The molecule has 1 aliphatic carbocycles. The first-order chi connectivity index (χ1) is 12.5. The molecule has 1 heterocycles. The normalized spacial score (nSPS) is 16.5. The van der Waals surface area contributed by atoms with Crippen LogP contribution in [-0.4, -0.2) is 22.9 Å². The molecule has 0 unspecified atom stereocenters. The van der Waals surface area contributed by atoms with Crippen molar-refractivity contribution in [3.05, 3.63) is 64.7 Å². The fourth-order valence-corrected chi connectivity index (χ4v) is 3.85. The second kappa shape index (κ2) is 5.98. The molecule has 6 heteroatoms. The van der Waals surface area contributed by atoms with Crippen molar-refractivity contribution in [3.8, 4) is 0 Å². The molecule has 0 bridgehead atoms. The lowest BCUT2D eigenvalue weighted by atomic mass is 9.81. The molecular weight excluding hydrogens is 332 g/mol. The van der Waals surface area contributed by atoms with Crippen LogP contribution in [-0.2, 0) is 29.0 Å². The Morgan fingerprint density at radius 2 is 1.77 bits per heavy atom. The number of rotatable bonds is 4. The van der Waals surface area contributed by atoms with E-state index in [1.807, 2.05) is 24.3 Å². The summed E-state index contributed by atoms with van der Waals surface area (Å²) in [4.78, 5) is 36.2. The van der Waals surface area contributed by atoms with Crippen LogP contribution in [0.15, 0.2) is 42.5 Å². The van der Waals surface area contributed by atoms with E-state index < -0.39 is 11.4 Å². The van der Waals surface area contributed by atoms with Crippen molar-refractivity contribution in [2.45, 2.75) is 25.8 Å². The van der Waals surface area contributed by atoms with Gasteiger partial charge >= 0.3 is 5.97 Å². The lowest BCUT2D eigenvalue weighted by Crippen LogP contribution is -2.36. The molecule has 2 aromatic carbocycles. The van der Waals surface area contributed by atoms with E-state index in [1.165, 1.54) is 0 Å². The number of hydrogen-bond acceptors (Lipinski definition) is 3. The van der Waals surface area contributed by atoms with E-state index in [9.17, 15) is 19.5 Å². The summed E-state index contributed by atoms with van der Waals surface area (Å²) < 4.78 is 0. The highest BCUT2D eigenvalue weighted by Gasteiger charge is 2.45. The number of nitrogens with one attached hydrogen (secondary N) is 2. The Balaban J connectivity index is 1.51. The maximum atomic E-state index is 12.5. The third-order valence-electron chi connectivity index (χ3n) is 5.21. The minimum Gasteiger partial charge on any atom is -0.481 e. The Hall–Kier alpha value is -3.15. The number of carboxylic acids is 1. The van der Waals surface area contributed by atoms with Crippen molar-refractivity contribution >= 4 is 23.5 Å². The Kier molecular flexibility index (Phi) is 3.76. The number of carboxylic acid groups (broad SMARTS) is 1. The van der Waals surface area contributed by atoms with E-state index in [0.29, 0.717) is 30.6 Å². The van der Waals surface area contributed by atoms with Gasteiger partial charge in [-0.3, -0.25) is 14.4 Å². The third-order valence-corrected chi connectivity index (χ3v) is 5.21. The molecule has 0 aromatic heterocycles. The zero-order chi connectivity index (χ0) is 18.3. The van der Waals surface area contributed by atoms with E-state index in [0.717, 1.165) is 16.7 Å². The van der Waals surface area contributed by atoms with Gasteiger partial charge in [0.1, 0.15) is 0 Å². The molecule has 2 aromatic rings. The van der Waals surface area contributed by atoms with Gasteiger partial charge in [0, 0.05) is 24.2 Å². The standard InChI is InChI=1S/C20H18N2O4/c23-17(22-15-6-5-14-11-21-18(24)16(14)7-15)10-20(19(25)26)8-12-3-1-2-4-13(12)9-20/h1-7H,8-11H2,(H,21,24)(H,22,23)(H,25,26). The Bertz CT molecular complexity index is 910. The average molecular weight is 350 g/mol. The highest BCUT2D eigenvalue weighted by Crippen LogP contribution is 2.40. The van der Waals surface area contributed by atoms with Crippen molar-refractivity contribution in [2.24, 2.45) is 5.41 Å². The minimum atomic E-state index is -1.12. The molecule has 6 nitrogen and oxygen atoms in total. The summed E-state index contributed by atoms with van der Waals surface area (Å²) in [5.41, 5.74) is 2.78. The van der Waals surface area contributed by atoms with Gasteiger partial charge < -0.3 is 15.7 Å². The van der Waals surface area contributed by atoms with Crippen molar-refractivity contribution in [3.63, 3.8) is 0 Å². The van der Waals surface area contributed by atoms with E-state index in [4.69, 9.17) is 0 Å². The number of carbonyl (C=O) groups is 3. The molecule has 3 N–H and O–H groups in total. The number of anilines is 1. The molecule has 1 aliphatic heterocycles. The fraction of sp³-hybridized carbons (Fsp3) is 0.250. The maximum absolute atomic E-state index is 12.5. The van der Waals surface area contributed by atoms with Crippen LogP contribution < -0.4 is 10.6 Å². The molecule has 26 heavy (non-hydrogen) atoms. The van der Waals surface area contributed by atoms with Gasteiger partial charge in [-0.1, -0.05) is 30.3 Å². The number of fused-ring (bicyclic) bond motifs is 2. The van der Waals surface area contributed by atoms with Gasteiger partial charge in [0.25, 0.3) is 5.91 Å². The number of aliphatic carboxylic acids is 1. The topological polar surface area (TPSA) is 95.5 Å². The molecule has 0 spiro atoms. The third kappa shape index (κ3) is 2.73. The predicted molar refractivity (Wildman–Crippen MR) is 94.8 cm³/mol. The SMILES string of the molecule is O=C(CC1(C(=O)O)Cc2ccccc2C1)Nc1ccc2c(c1)C(=O)NC2. The molecule has 4 rings (SSSR count). The quantitative estimate of drug-likeness (QED) is 0.787. The predicted octanol–water partition coefficient (Wildman–Crippen LogP) is 2.13. The highest BCUT2D eigenvalue weighted by atomic mass is 16.4. The Morgan fingerprint density at radius 1 is 1.08 bits per heavy atom. The number of benzene rings is 2. The van der Waals surface area contributed by atoms with E-state index in [-0.39, 0.29) is 18.2 Å². The largest absolute Gasteiger partial charge is 0.481 e. The van der Waals surface area contributed by atoms with Crippen LogP contribution in [0.1, 0.15) is 33.5 Å². The van der Waals surface area contributed by atoms with Gasteiger partial charge in [0.2, 0.25) is 5.91 Å². The first kappa shape index (κ1) is 16.3. The van der Waals surface area contributed by atoms with Crippen LogP contribution >= 0.6 is 0 Å². The number of hydrogen-bond donors (Lipinski definition) is 3. The van der Waals surface area contributed by atoms with Gasteiger partial charge in [0.15, 0.2) is 0 Å². The molecule has 2 aliphatic rings. The fourth-order valence-electron chi connectivity index (χ4n) is 3.85. The monoisotopic (exact) mass is 350 g/mol. The highest BCUT2D eigenvalue weighted by molar-refractivity contribution is 6.01. The smallest absolute Gasteiger partial charge is 0.310 e. The van der Waals surface area contributed by atoms with Crippen molar-refractivity contribution in [1.82, 2.24) is 5.32 Å². The van der Waals surface area contributed by atoms with Crippen LogP contribution in [0.4, 0.5) is 5.69 Å². The Labute approximate surface area is 150 Å². The van der Waals surface area contributed by atoms with Crippen LogP contribution in [0, 0.1) is 5.41 Å². The minimum absolute atomic E-state index is 0.111. The van der Waals surface area contributed by atoms with Gasteiger partial charge in [-0.05, 0) is 41.7 Å². The van der Waals surface area contributed by atoms with Crippen LogP contribution in [0.25, 0.3) is 0 Å². The van der Waals surface area contributed by atoms with Gasteiger partial charge in [-0.15, -0.1) is 0 Å². The first-order valence-electron chi connectivity index (χ1n) is 8.48. The second-order valence-electron chi connectivity index (χ2n) is 6.99. The Morgan fingerprint density at radius 3 is 2.42 bits per heavy atom. The van der Waals surface area contributed by atoms with Crippen LogP contribution in [0.3, 0.4) is 0 Å². The molecule has 2 amide bonds. The van der Waals surface area contributed by atoms with E-state index >= 15 is 0 Å². The van der Waals surface area contributed by atoms with E-state index in [2.05, 4.69) is 10.6 Å². The zero-order valence-electron chi connectivity index (χ0n) is 14.0. The lowest BCUT2D eigenvalue weighted by Gasteiger charge is -2.23. The first-order valence-corrected chi connectivity index (χ1v) is 8.48. The second-order valence-corrected chi connectivity index (χ2v) is 6.99. The van der Waals surface area contributed by atoms with Crippen molar-refractivity contribution < 1.29 is 19.5 Å². The van der Waals surface area contributed by atoms with Crippen LogP contribution in [0.5, 0.6) is 0 Å². The average Bonchev–Trinajstić information content (AvgIpc) is 3.16. The summed E-state index contributed by atoms with van der Waals surface area (Å²) in [6.07, 6.45) is 0.581. The van der Waals surface area contributed by atoms with Gasteiger partial charge in [-0.25, -0.2) is 0 Å². The summed E-state index contributed by atoms with van der Waals surface area (Å²) in [6, 6.07) is 12.7. The lowest BCUT2D eigenvalue weighted by molar-refractivity contribution is -0.150. The maximum Gasteiger partial charge on any atom is 0.310 e. The molecule has 0 atom stereocenters. The zero-order valence-corrected chi connectivity index (χ0v) is 14.0.